The normalized spacial score (nSPS) is 25.5. The Labute approximate surface area is 178 Å². The van der Waals surface area contributed by atoms with E-state index in [2.05, 4.69) is 10.2 Å². The predicted molar refractivity (Wildman–Crippen MR) is 114 cm³/mol. The number of nitrogens with zero attached hydrogens (tertiary/aromatic N) is 2. The van der Waals surface area contributed by atoms with Gasteiger partial charge >= 0.3 is 0 Å². The molecule has 31 heavy (non-hydrogen) atoms. The topological polar surface area (TPSA) is 86.3 Å². The molecule has 6 nitrogen and oxygen atoms in total. The van der Waals surface area contributed by atoms with Crippen molar-refractivity contribution in [3.8, 4) is 0 Å². The molecule has 0 radical (unpaired) electrons. The first kappa shape index (κ1) is 19.9. The molecule has 0 spiro atoms. The molecule has 1 aliphatic heterocycles. The molecule has 3 atom stereocenters. The van der Waals surface area contributed by atoms with Crippen molar-refractivity contribution in [3.63, 3.8) is 0 Å². The van der Waals surface area contributed by atoms with Gasteiger partial charge in [-0.25, -0.2) is 9.49 Å². The van der Waals surface area contributed by atoms with Gasteiger partial charge in [0.1, 0.15) is 5.82 Å². The fraction of sp³-hybridized carbons (Fsp3) is 0.375. The van der Waals surface area contributed by atoms with Crippen LogP contribution in [-0.4, -0.2) is 39.2 Å². The second-order valence-electron chi connectivity index (χ2n) is 8.68. The highest BCUT2D eigenvalue weighted by Gasteiger charge is 2.51. The number of nitrogens with one attached hydrogen (secondary N) is 1. The molecule has 1 saturated heterocycles. The Bertz CT molecular complexity index is 1210. The molecule has 2 aromatic carbocycles. The Hall–Kier alpha value is -3.06. The van der Waals surface area contributed by atoms with Crippen molar-refractivity contribution in [3.05, 3.63) is 76.0 Å². The fourth-order valence-corrected chi connectivity index (χ4v) is 5.44. The van der Waals surface area contributed by atoms with E-state index in [1.807, 2.05) is 6.07 Å². The first-order valence-corrected chi connectivity index (χ1v) is 10.7. The zero-order valence-electron chi connectivity index (χ0n) is 17.1. The lowest BCUT2D eigenvalue weighted by molar-refractivity contribution is -0.130. The number of hydrogen-bond acceptors (Lipinski definition) is 4. The molecule has 1 saturated carbocycles. The average molecular weight is 421 g/mol. The van der Waals surface area contributed by atoms with E-state index in [9.17, 15) is 19.1 Å². The molecule has 7 heteroatoms. The van der Waals surface area contributed by atoms with Crippen molar-refractivity contribution in [2.24, 2.45) is 11.8 Å². The molecule has 2 heterocycles. The van der Waals surface area contributed by atoms with Crippen LogP contribution < -0.4 is 5.56 Å². The summed E-state index contributed by atoms with van der Waals surface area (Å²) in [6, 6.07) is 13.5. The summed E-state index contributed by atoms with van der Waals surface area (Å²) in [6.07, 6.45) is 2.25. The molecule has 1 amide bonds. The van der Waals surface area contributed by atoms with E-state index in [0.717, 1.165) is 12.8 Å². The number of aliphatic hydroxyl groups is 1. The first-order valence-electron chi connectivity index (χ1n) is 10.7. The number of carbonyl (C=O) groups excluding carboxylic acids is 1. The lowest BCUT2D eigenvalue weighted by Crippen LogP contribution is -2.43. The molecular formula is C24H24FN3O3. The predicted octanol–water partition coefficient (Wildman–Crippen LogP) is 2.75. The number of fused-ring (bicyclic) bond motifs is 2. The van der Waals surface area contributed by atoms with Gasteiger partial charge in [0.15, 0.2) is 0 Å². The second-order valence-corrected chi connectivity index (χ2v) is 8.68. The average Bonchev–Trinajstić information content (AvgIpc) is 3.22. The van der Waals surface area contributed by atoms with Gasteiger partial charge in [0.2, 0.25) is 5.91 Å². The lowest BCUT2D eigenvalue weighted by atomic mass is 9.67. The third kappa shape index (κ3) is 3.33. The first-order chi connectivity index (χ1) is 15.0. The minimum absolute atomic E-state index is 0.0643. The summed E-state index contributed by atoms with van der Waals surface area (Å²) >= 11 is 0. The van der Waals surface area contributed by atoms with Gasteiger partial charge in [-0.15, -0.1) is 0 Å². The SMILES string of the molecule is O=C(Cc1n[nH]c(=O)c2ccccc12)N1C[C@H]2CCC[C@](O)(c3ccccc3F)[C@@H]2C1. The maximum Gasteiger partial charge on any atom is 0.272 e. The number of amides is 1. The van der Waals surface area contributed by atoms with Crippen LogP contribution in [0.25, 0.3) is 10.8 Å². The number of likely N-dealkylation sites (tertiary alicyclic amines) is 1. The number of benzene rings is 2. The van der Waals surface area contributed by atoms with E-state index in [1.54, 1.807) is 41.3 Å². The van der Waals surface area contributed by atoms with Gasteiger partial charge in [-0.05, 0) is 37.3 Å². The van der Waals surface area contributed by atoms with Crippen LogP contribution in [0, 0.1) is 17.7 Å². The minimum atomic E-state index is -1.27. The summed E-state index contributed by atoms with van der Waals surface area (Å²) in [5.74, 6) is -0.584. The molecule has 160 valence electrons. The van der Waals surface area contributed by atoms with Crippen LogP contribution in [0.2, 0.25) is 0 Å². The highest BCUT2D eigenvalue weighted by atomic mass is 19.1. The molecule has 1 aliphatic carbocycles. The van der Waals surface area contributed by atoms with E-state index in [0.29, 0.717) is 41.5 Å². The largest absolute Gasteiger partial charge is 0.385 e. The molecule has 5 rings (SSSR count). The van der Waals surface area contributed by atoms with Crippen molar-refractivity contribution < 1.29 is 14.3 Å². The van der Waals surface area contributed by atoms with Crippen molar-refractivity contribution in [2.75, 3.05) is 13.1 Å². The highest BCUT2D eigenvalue weighted by molar-refractivity contribution is 5.88. The van der Waals surface area contributed by atoms with Crippen LogP contribution >= 0.6 is 0 Å². The van der Waals surface area contributed by atoms with E-state index < -0.39 is 11.4 Å². The van der Waals surface area contributed by atoms with Crippen molar-refractivity contribution in [1.29, 1.82) is 0 Å². The number of aromatic amines is 1. The van der Waals surface area contributed by atoms with Gasteiger partial charge in [-0.3, -0.25) is 9.59 Å². The maximum atomic E-state index is 14.5. The Kier molecular flexibility index (Phi) is 4.85. The minimum Gasteiger partial charge on any atom is -0.385 e. The number of H-pyrrole nitrogens is 1. The van der Waals surface area contributed by atoms with Crippen LogP contribution in [0.15, 0.2) is 53.3 Å². The maximum absolute atomic E-state index is 14.5. The Morgan fingerprint density at radius 2 is 1.90 bits per heavy atom. The quantitative estimate of drug-likeness (QED) is 0.681. The molecule has 2 aliphatic rings. The number of aromatic nitrogens is 2. The summed E-state index contributed by atoms with van der Waals surface area (Å²) in [5, 5.41) is 19.3. The molecule has 0 bridgehead atoms. The van der Waals surface area contributed by atoms with Crippen molar-refractivity contribution in [2.45, 2.75) is 31.3 Å². The van der Waals surface area contributed by atoms with Gasteiger partial charge < -0.3 is 10.0 Å². The molecule has 3 aromatic rings. The molecule has 1 aromatic heterocycles. The highest BCUT2D eigenvalue weighted by Crippen LogP contribution is 2.48. The van der Waals surface area contributed by atoms with Gasteiger partial charge in [-0.2, -0.15) is 5.10 Å². The molecule has 2 fully saturated rings. The summed E-state index contributed by atoms with van der Waals surface area (Å²) in [7, 11) is 0. The number of halogens is 1. The molecular weight excluding hydrogens is 397 g/mol. The second kappa shape index (κ2) is 7.57. The standard InChI is InChI=1S/C24H24FN3O3/c25-20-10-4-3-9-18(20)24(31)11-5-6-15-13-28(14-19(15)24)22(29)12-21-16-7-1-2-8-17(16)23(30)27-26-21/h1-4,7-10,15,19,31H,5-6,11-14H2,(H,27,30)/t15-,19-,24+/m1/s1. The summed E-state index contributed by atoms with van der Waals surface area (Å²) in [4.78, 5) is 26.9. The van der Waals surface area contributed by atoms with E-state index in [1.165, 1.54) is 6.07 Å². The summed E-state index contributed by atoms with van der Waals surface area (Å²) in [6.45, 7) is 0.928. The monoisotopic (exact) mass is 421 g/mol. The summed E-state index contributed by atoms with van der Waals surface area (Å²) < 4.78 is 14.5. The van der Waals surface area contributed by atoms with E-state index >= 15 is 0 Å². The Morgan fingerprint density at radius 3 is 2.71 bits per heavy atom. The van der Waals surface area contributed by atoms with E-state index in [-0.39, 0.29) is 29.7 Å². The van der Waals surface area contributed by atoms with Crippen molar-refractivity contribution in [1.82, 2.24) is 15.1 Å². The van der Waals surface area contributed by atoms with Crippen LogP contribution in [0.1, 0.15) is 30.5 Å². The number of carbonyl (C=O) groups is 1. The van der Waals surface area contributed by atoms with Gasteiger partial charge in [0.05, 0.1) is 23.1 Å². The third-order valence-corrected chi connectivity index (χ3v) is 6.97. The van der Waals surface area contributed by atoms with Gasteiger partial charge in [-0.1, -0.05) is 36.4 Å². The van der Waals surface area contributed by atoms with Crippen molar-refractivity contribution >= 4 is 16.7 Å². The lowest BCUT2D eigenvalue weighted by Gasteiger charge is -2.41. The van der Waals surface area contributed by atoms with Crippen LogP contribution in [-0.2, 0) is 16.8 Å². The zero-order chi connectivity index (χ0) is 21.6. The van der Waals surface area contributed by atoms with Gasteiger partial charge in [0.25, 0.3) is 5.56 Å². The Balaban J connectivity index is 1.40. The smallest absolute Gasteiger partial charge is 0.272 e. The third-order valence-electron chi connectivity index (χ3n) is 6.97. The van der Waals surface area contributed by atoms with Crippen LogP contribution in [0.4, 0.5) is 4.39 Å². The van der Waals surface area contributed by atoms with Crippen LogP contribution in [0.5, 0.6) is 0 Å². The number of rotatable bonds is 3. The Morgan fingerprint density at radius 1 is 1.16 bits per heavy atom. The summed E-state index contributed by atoms with van der Waals surface area (Å²) in [5.41, 5.74) is -0.702. The fourth-order valence-electron chi connectivity index (χ4n) is 5.44. The number of hydrogen-bond donors (Lipinski definition) is 2. The molecule has 2 N–H and O–H groups in total. The molecule has 0 unspecified atom stereocenters. The van der Waals surface area contributed by atoms with Crippen LogP contribution in [0.3, 0.4) is 0 Å². The zero-order valence-corrected chi connectivity index (χ0v) is 17.1. The van der Waals surface area contributed by atoms with E-state index in [4.69, 9.17) is 0 Å². The van der Waals surface area contributed by atoms with Gasteiger partial charge in [0, 0.05) is 30.0 Å².